The van der Waals surface area contributed by atoms with E-state index in [0.717, 1.165) is 29.5 Å². The Morgan fingerprint density at radius 3 is 2.62 bits per heavy atom. The Labute approximate surface area is 187 Å². The highest BCUT2D eigenvalue weighted by Gasteiger charge is 2.43. The molecule has 3 aromatic rings. The number of carbonyl (C=O) groups excluding carboxylic acids is 2. The third-order valence-corrected chi connectivity index (χ3v) is 6.01. The largest absolute Gasteiger partial charge is 0.356 e. The first kappa shape index (κ1) is 21.6. The number of aromatic nitrogens is 3. The number of amides is 2. The summed E-state index contributed by atoms with van der Waals surface area (Å²) in [7, 11) is 0. The van der Waals surface area contributed by atoms with Crippen molar-refractivity contribution >= 4 is 11.8 Å². The monoisotopic (exact) mass is 429 g/mol. The Bertz CT molecular complexity index is 1070. The lowest BCUT2D eigenvalue weighted by molar-refractivity contribution is -0.133. The zero-order valence-electron chi connectivity index (χ0n) is 18.2. The number of piperidine rings is 1. The molecule has 1 saturated heterocycles. The number of hydrogen-bond acceptors (Lipinski definition) is 5. The standard InChI is InChI=1S/C25H27N5O2/c1-2-29-24(32)25(10-6-12-30(17-25)23(31)20-8-5-11-26-14-20)13-19-7-3-4-9-22(19)21-15-27-18-28-16-21/h3-5,7-9,11,14-16,18H,2,6,10,12-13,17H2,1H3,(H,29,32)/t25-/m0/s1. The average Bonchev–Trinajstić information content (AvgIpc) is 2.85. The van der Waals surface area contributed by atoms with Crippen LogP contribution in [0.1, 0.15) is 35.7 Å². The number of carbonyl (C=O) groups is 2. The summed E-state index contributed by atoms with van der Waals surface area (Å²) in [5.74, 6) is -0.0981. The first-order chi connectivity index (χ1) is 15.6. The van der Waals surface area contributed by atoms with Gasteiger partial charge in [0.25, 0.3) is 5.91 Å². The van der Waals surface area contributed by atoms with Gasteiger partial charge in [-0.25, -0.2) is 9.97 Å². The van der Waals surface area contributed by atoms with E-state index in [1.54, 1.807) is 41.8 Å². The quantitative estimate of drug-likeness (QED) is 0.650. The normalized spacial score (nSPS) is 18.2. The number of benzene rings is 1. The molecule has 2 amide bonds. The van der Waals surface area contributed by atoms with Crippen molar-refractivity contribution in [2.24, 2.45) is 5.41 Å². The predicted octanol–water partition coefficient (Wildman–Crippen LogP) is 3.14. The lowest BCUT2D eigenvalue weighted by Crippen LogP contribution is -2.54. The molecule has 0 radical (unpaired) electrons. The van der Waals surface area contributed by atoms with Gasteiger partial charge in [0.1, 0.15) is 6.33 Å². The first-order valence-electron chi connectivity index (χ1n) is 10.9. The molecule has 1 N–H and O–H groups in total. The molecule has 1 aromatic carbocycles. The van der Waals surface area contributed by atoms with E-state index in [1.807, 2.05) is 31.2 Å². The number of hydrogen-bond donors (Lipinski definition) is 1. The van der Waals surface area contributed by atoms with Gasteiger partial charge in [0.2, 0.25) is 5.91 Å². The number of nitrogens with one attached hydrogen (secondary N) is 1. The van der Waals surface area contributed by atoms with Crippen LogP contribution in [0.2, 0.25) is 0 Å². The lowest BCUT2D eigenvalue weighted by atomic mass is 9.73. The van der Waals surface area contributed by atoms with Crippen LogP contribution < -0.4 is 5.32 Å². The molecule has 1 aliphatic heterocycles. The summed E-state index contributed by atoms with van der Waals surface area (Å²) in [6.45, 7) is 3.46. The molecule has 0 bridgehead atoms. The van der Waals surface area contributed by atoms with Crippen molar-refractivity contribution in [2.75, 3.05) is 19.6 Å². The molecule has 1 atom stereocenters. The molecule has 2 aromatic heterocycles. The van der Waals surface area contributed by atoms with Crippen molar-refractivity contribution in [3.8, 4) is 11.1 Å². The van der Waals surface area contributed by atoms with Crippen molar-refractivity contribution in [3.63, 3.8) is 0 Å². The van der Waals surface area contributed by atoms with E-state index < -0.39 is 5.41 Å². The zero-order chi connectivity index (χ0) is 22.4. The van der Waals surface area contributed by atoms with Crippen LogP contribution in [0.15, 0.2) is 67.5 Å². The Hall–Kier alpha value is -3.61. The minimum absolute atomic E-state index is 0.0113. The molecule has 4 rings (SSSR count). The van der Waals surface area contributed by atoms with Crippen LogP contribution in [0.3, 0.4) is 0 Å². The van der Waals surface area contributed by atoms with E-state index in [-0.39, 0.29) is 11.8 Å². The van der Waals surface area contributed by atoms with Gasteiger partial charge in [0.05, 0.1) is 11.0 Å². The smallest absolute Gasteiger partial charge is 0.255 e. The molecule has 0 spiro atoms. The third kappa shape index (κ3) is 4.51. The molecular formula is C25H27N5O2. The van der Waals surface area contributed by atoms with Gasteiger partial charge < -0.3 is 10.2 Å². The highest BCUT2D eigenvalue weighted by Crippen LogP contribution is 2.37. The molecule has 7 nitrogen and oxygen atoms in total. The van der Waals surface area contributed by atoms with E-state index in [9.17, 15) is 9.59 Å². The first-order valence-corrected chi connectivity index (χ1v) is 10.9. The van der Waals surface area contributed by atoms with Crippen LogP contribution in [-0.4, -0.2) is 51.3 Å². The van der Waals surface area contributed by atoms with E-state index in [2.05, 4.69) is 20.3 Å². The van der Waals surface area contributed by atoms with Crippen LogP contribution in [0, 0.1) is 5.41 Å². The van der Waals surface area contributed by atoms with E-state index in [0.29, 0.717) is 31.6 Å². The second kappa shape index (κ2) is 9.68. The van der Waals surface area contributed by atoms with Gasteiger partial charge in [-0.15, -0.1) is 0 Å². The molecule has 0 unspecified atom stereocenters. The Morgan fingerprint density at radius 2 is 1.88 bits per heavy atom. The fraction of sp³-hybridized carbons (Fsp3) is 0.320. The van der Waals surface area contributed by atoms with E-state index >= 15 is 0 Å². The highest BCUT2D eigenvalue weighted by molar-refractivity contribution is 5.94. The van der Waals surface area contributed by atoms with E-state index in [1.165, 1.54) is 6.33 Å². The minimum atomic E-state index is -0.710. The van der Waals surface area contributed by atoms with Gasteiger partial charge >= 0.3 is 0 Å². The van der Waals surface area contributed by atoms with Gasteiger partial charge in [-0.2, -0.15) is 0 Å². The fourth-order valence-electron chi connectivity index (χ4n) is 4.49. The summed E-state index contributed by atoms with van der Waals surface area (Å²) in [6.07, 6.45) is 10.3. The highest BCUT2D eigenvalue weighted by atomic mass is 16.2. The molecule has 1 aliphatic rings. The summed E-state index contributed by atoms with van der Waals surface area (Å²) in [4.78, 5) is 40.7. The van der Waals surface area contributed by atoms with Crippen molar-refractivity contribution < 1.29 is 9.59 Å². The second-order valence-corrected chi connectivity index (χ2v) is 8.17. The molecule has 32 heavy (non-hydrogen) atoms. The molecular weight excluding hydrogens is 402 g/mol. The van der Waals surface area contributed by atoms with Gasteiger partial charge in [0.15, 0.2) is 0 Å². The summed E-state index contributed by atoms with van der Waals surface area (Å²) >= 11 is 0. The lowest BCUT2D eigenvalue weighted by Gasteiger charge is -2.42. The van der Waals surface area contributed by atoms with Crippen LogP contribution >= 0.6 is 0 Å². The van der Waals surface area contributed by atoms with Crippen molar-refractivity contribution in [1.82, 2.24) is 25.2 Å². The van der Waals surface area contributed by atoms with Crippen LogP contribution in [0.5, 0.6) is 0 Å². The second-order valence-electron chi connectivity index (χ2n) is 8.17. The molecule has 164 valence electrons. The number of pyridine rings is 1. The van der Waals surface area contributed by atoms with Gasteiger partial charge in [-0.3, -0.25) is 14.6 Å². The Balaban J connectivity index is 1.68. The number of nitrogens with zero attached hydrogens (tertiary/aromatic N) is 4. The van der Waals surface area contributed by atoms with E-state index in [4.69, 9.17) is 0 Å². The maximum absolute atomic E-state index is 13.4. The van der Waals surface area contributed by atoms with Crippen molar-refractivity contribution in [1.29, 1.82) is 0 Å². The molecule has 7 heteroatoms. The zero-order valence-corrected chi connectivity index (χ0v) is 18.2. The maximum Gasteiger partial charge on any atom is 0.255 e. The summed E-state index contributed by atoms with van der Waals surface area (Å²) in [5, 5.41) is 3.02. The number of likely N-dealkylation sites (tertiary alicyclic amines) is 1. The van der Waals surface area contributed by atoms with Gasteiger partial charge in [0, 0.05) is 50.0 Å². The van der Waals surface area contributed by atoms with Gasteiger partial charge in [-0.05, 0) is 49.4 Å². The third-order valence-electron chi connectivity index (χ3n) is 6.01. The number of rotatable bonds is 6. The molecule has 0 saturated carbocycles. The van der Waals surface area contributed by atoms with Crippen LogP contribution in [0.4, 0.5) is 0 Å². The molecule has 0 aliphatic carbocycles. The summed E-state index contributed by atoms with van der Waals surface area (Å²) in [5.41, 5.74) is 2.80. The molecule has 1 fully saturated rings. The minimum Gasteiger partial charge on any atom is -0.356 e. The van der Waals surface area contributed by atoms with Crippen molar-refractivity contribution in [3.05, 3.63) is 78.6 Å². The average molecular weight is 430 g/mol. The molecule has 3 heterocycles. The summed E-state index contributed by atoms with van der Waals surface area (Å²) in [6, 6.07) is 11.6. The predicted molar refractivity (Wildman–Crippen MR) is 122 cm³/mol. The fourth-order valence-corrected chi connectivity index (χ4v) is 4.49. The van der Waals surface area contributed by atoms with Crippen LogP contribution in [-0.2, 0) is 11.2 Å². The SMILES string of the molecule is CCNC(=O)[C@]1(Cc2ccccc2-c2cncnc2)CCCN(C(=O)c2cccnc2)C1. The Kier molecular flexibility index (Phi) is 6.54. The van der Waals surface area contributed by atoms with Crippen LogP contribution in [0.25, 0.3) is 11.1 Å². The van der Waals surface area contributed by atoms with Crippen molar-refractivity contribution in [2.45, 2.75) is 26.2 Å². The maximum atomic E-state index is 13.4. The topological polar surface area (TPSA) is 88.1 Å². The summed E-state index contributed by atoms with van der Waals surface area (Å²) < 4.78 is 0. The van der Waals surface area contributed by atoms with Gasteiger partial charge in [-0.1, -0.05) is 24.3 Å². The Morgan fingerprint density at radius 1 is 1.06 bits per heavy atom.